The second-order valence-electron chi connectivity index (χ2n) is 2.23. The van der Waals surface area contributed by atoms with E-state index in [4.69, 9.17) is 5.11 Å². The van der Waals surface area contributed by atoms with Crippen LogP contribution in [0, 0.1) is 0 Å². The minimum atomic E-state index is -0.0421. The molecule has 0 aromatic carbocycles. The molecular weight excluding hydrogens is 180 g/mol. The summed E-state index contributed by atoms with van der Waals surface area (Å²) in [7, 11) is 1.88. The summed E-state index contributed by atoms with van der Waals surface area (Å²) in [6.45, 7) is 1.59. The van der Waals surface area contributed by atoms with Crippen LogP contribution in [0.3, 0.4) is 0 Å². The zero-order valence-electron chi connectivity index (χ0n) is 6.90. The van der Waals surface area contributed by atoms with Gasteiger partial charge in [0.05, 0.1) is 19.3 Å². The van der Waals surface area contributed by atoms with Gasteiger partial charge in [-0.1, -0.05) is 5.21 Å². The molecule has 5 nitrogen and oxygen atoms in total. The van der Waals surface area contributed by atoms with Gasteiger partial charge in [0.1, 0.15) is 5.69 Å². The van der Waals surface area contributed by atoms with Crippen molar-refractivity contribution in [3.63, 3.8) is 0 Å². The van der Waals surface area contributed by atoms with E-state index in [0.29, 0.717) is 5.69 Å². The highest BCUT2D eigenvalue weighted by Crippen LogP contribution is 1.90. The fourth-order valence-corrected chi connectivity index (χ4v) is 0.747. The smallest absolute Gasteiger partial charge is 0.108 e. The van der Waals surface area contributed by atoms with Gasteiger partial charge in [0.25, 0.3) is 0 Å². The number of hydrogen-bond donors (Lipinski definition) is 2. The van der Waals surface area contributed by atoms with E-state index >= 15 is 0 Å². The highest BCUT2D eigenvalue weighted by Gasteiger charge is 1.96. The average molecular weight is 193 g/mol. The maximum Gasteiger partial charge on any atom is 0.108 e. The Balaban J connectivity index is 0.00000121. The Morgan fingerprint density at radius 1 is 1.67 bits per heavy atom. The molecule has 1 rings (SSSR count). The molecule has 0 aliphatic carbocycles. The number of aliphatic hydroxyl groups excluding tert-OH is 1. The molecule has 70 valence electrons. The number of rotatable bonds is 4. The standard InChI is InChI=1S/C6H12N4O.ClH/c1-7-2-3-10-4-6(5-11)8-9-10;/h4,7,11H,2-3,5H2,1H3;1H. The van der Waals surface area contributed by atoms with Crippen molar-refractivity contribution in [3.05, 3.63) is 11.9 Å². The van der Waals surface area contributed by atoms with E-state index in [1.165, 1.54) is 0 Å². The van der Waals surface area contributed by atoms with Crippen molar-refractivity contribution in [2.75, 3.05) is 13.6 Å². The van der Waals surface area contributed by atoms with Crippen LogP contribution in [0.4, 0.5) is 0 Å². The number of aromatic nitrogens is 3. The van der Waals surface area contributed by atoms with E-state index in [1.807, 2.05) is 7.05 Å². The number of aliphatic hydroxyl groups is 1. The van der Waals surface area contributed by atoms with Crippen LogP contribution in [0.2, 0.25) is 0 Å². The van der Waals surface area contributed by atoms with E-state index in [0.717, 1.165) is 13.1 Å². The van der Waals surface area contributed by atoms with Gasteiger partial charge in [-0.2, -0.15) is 0 Å². The molecular formula is C6H13ClN4O. The van der Waals surface area contributed by atoms with E-state index in [1.54, 1.807) is 10.9 Å². The van der Waals surface area contributed by atoms with Crippen molar-refractivity contribution in [2.45, 2.75) is 13.2 Å². The molecule has 0 spiro atoms. The van der Waals surface area contributed by atoms with Gasteiger partial charge in [0, 0.05) is 6.54 Å². The molecule has 0 fully saturated rings. The molecule has 12 heavy (non-hydrogen) atoms. The van der Waals surface area contributed by atoms with Gasteiger partial charge in [-0.25, -0.2) is 0 Å². The third kappa shape index (κ3) is 3.17. The molecule has 1 aromatic heterocycles. The Kier molecular flexibility index (Phi) is 5.61. The number of likely N-dealkylation sites (N-methyl/N-ethyl adjacent to an activating group) is 1. The second kappa shape index (κ2) is 5.93. The van der Waals surface area contributed by atoms with Crippen molar-refractivity contribution in [2.24, 2.45) is 0 Å². The lowest BCUT2D eigenvalue weighted by atomic mass is 10.5. The van der Waals surface area contributed by atoms with Crippen molar-refractivity contribution < 1.29 is 5.11 Å². The normalized spacial score (nSPS) is 9.50. The maximum absolute atomic E-state index is 8.64. The number of halogens is 1. The zero-order valence-corrected chi connectivity index (χ0v) is 7.71. The van der Waals surface area contributed by atoms with E-state index in [-0.39, 0.29) is 19.0 Å². The van der Waals surface area contributed by atoms with Gasteiger partial charge in [0.2, 0.25) is 0 Å². The predicted octanol–water partition coefficient (Wildman–Crippen LogP) is -0.588. The summed E-state index contributed by atoms with van der Waals surface area (Å²) in [5.41, 5.74) is 0.612. The molecule has 0 bridgehead atoms. The summed E-state index contributed by atoms with van der Waals surface area (Å²) >= 11 is 0. The van der Waals surface area contributed by atoms with Crippen molar-refractivity contribution in [1.29, 1.82) is 0 Å². The van der Waals surface area contributed by atoms with Gasteiger partial charge < -0.3 is 10.4 Å². The van der Waals surface area contributed by atoms with Gasteiger partial charge >= 0.3 is 0 Å². The van der Waals surface area contributed by atoms with Crippen LogP contribution in [-0.2, 0) is 13.2 Å². The van der Waals surface area contributed by atoms with E-state index in [9.17, 15) is 0 Å². The summed E-state index contributed by atoms with van der Waals surface area (Å²) in [5, 5.41) is 19.2. The zero-order chi connectivity index (χ0) is 8.10. The monoisotopic (exact) mass is 192 g/mol. The number of nitrogens with one attached hydrogen (secondary N) is 1. The van der Waals surface area contributed by atoms with Gasteiger partial charge in [-0.15, -0.1) is 17.5 Å². The fraction of sp³-hybridized carbons (Fsp3) is 0.667. The molecule has 0 atom stereocenters. The van der Waals surface area contributed by atoms with E-state index in [2.05, 4.69) is 15.6 Å². The molecule has 0 saturated heterocycles. The molecule has 1 aromatic rings. The minimum Gasteiger partial charge on any atom is -0.390 e. The molecule has 0 unspecified atom stereocenters. The number of nitrogens with zero attached hydrogens (tertiary/aromatic N) is 3. The first-order valence-electron chi connectivity index (χ1n) is 3.51. The maximum atomic E-state index is 8.64. The first kappa shape index (κ1) is 11.4. The van der Waals surface area contributed by atoms with Crippen LogP contribution < -0.4 is 5.32 Å². The molecule has 6 heteroatoms. The second-order valence-corrected chi connectivity index (χ2v) is 2.23. The van der Waals surface area contributed by atoms with Crippen molar-refractivity contribution >= 4 is 12.4 Å². The van der Waals surface area contributed by atoms with E-state index < -0.39 is 0 Å². The summed E-state index contributed by atoms with van der Waals surface area (Å²) in [5.74, 6) is 0. The summed E-state index contributed by atoms with van der Waals surface area (Å²) < 4.78 is 1.70. The molecule has 0 aliphatic rings. The molecule has 0 saturated carbocycles. The quantitative estimate of drug-likeness (QED) is 0.670. The molecule has 2 N–H and O–H groups in total. The fourth-order valence-electron chi connectivity index (χ4n) is 0.747. The molecule has 0 amide bonds. The van der Waals surface area contributed by atoms with Crippen LogP contribution in [0.15, 0.2) is 6.20 Å². The molecule has 1 heterocycles. The summed E-state index contributed by atoms with van der Waals surface area (Å²) in [4.78, 5) is 0. The highest BCUT2D eigenvalue weighted by molar-refractivity contribution is 5.85. The predicted molar refractivity (Wildman–Crippen MR) is 47.1 cm³/mol. The third-order valence-corrected chi connectivity index (χ3v) is 1.34. The Hall–Kier alpha value is -0.650. The topological polar surface area (TPSA) is 63.0 Å². The average Bonchev–Trinajstić information content (AvgIpc) is 2.48. The van der Waals surface area contributed by atoms with Crippen LogP contribution in [-0.4, -0.2) is 33.7 Å². The lowest BCUT2D eigenvalue weighted by molar-refractivity contribution is 0.276. The van der Waals surface area contributed by atoms with Crippen molar-refractivity contribution in [3.8, 4) is 0 Å². The molecule has 0 aliphatic heterocycles. The van der Waals surface area contributed by atoms with Gasteiger partial charge in [0.15, 0.2) is 0 Å². The van der Waals surface area contributed by atoms with Crippen molar-refractivity contribution in [1.82, 2.24) is 20.3 Å². The van der Waals surface area contributed by atoms with Crippen LogP contribution in [0.25, 0.3) is 0 Å². The van der Waals surface area contributed by atoms with Crippen LogP contribution >= 0.6 is 12.4 Å². The lowest BCUT2D eigenvalue weighted by Gasteiger charge is -1.96. The Morgan fingerprint density at radius 2 is 2.42 bits per heavy atom. The SMILES string of the molecule is CNCCn1cc(CO)nn1.Cl. The van der Waals surface area contributed by atoms with Gasteiger partial charge in [-0.05, 0) is 7.05 Å². The third-order valence-electron chi connectivity index (χ3n) is 1.34. The Morgan fingerprint density at radius 3 is 2.92 bits per heavy atom. The Labute approximate surface area is 77.2 Å². The van der Waals surface area contributed by atoms with Gasteiger partial charge in [-0.3, -0.25) is 4.68 Å². The summed E-state index contributed by atoms with van der Waals surface area (Å²) in [6.07, 6.45) is 1.73. The summed E-state index contributed by atoms with van der Waals surface area (Å²) in [6, 6.07) is 0. The highest BCUT2D eigenvalue weighted by atomic mass is 35.5. The molecule has 0 radical (unpaired) electrons. The number of hydrogen-bond acceptors (Lipinski definition) is 4. The first-order chi connectivity index (χ1) is 5.36. The Bertz CT molecular complexity index is 215. The minimum absolute atomic E-state index is 0. The first-order valence-corrected chi connectivity index (χ1v) is 3.51. The van der Waals surface area contributed by atoms with Crippen LogP contribution in [0.1, 0.15) is 5.69 Å². The van der Waals surface area contributed by atoms with Crippen LogP contribution in [0.5, 0.6) is 0 Å². The largest absolute Gasteiger partial charge is 0.390 e. The lowest BCUT2D eigenvalue weighted by Crippen LogP contribution is -2.15.